The summed E-state index contributed by atoms with van der Waals surface area (Å²) in [6.45, 7) is 2.04. The van der Waals surface area contributed by atoms with E-state index in [0.29, 0.717) is 11.5 Å². The number of phenolic OH excluding ortho intramolecular Hbond substituents is 1. The first-order valence-corrected chi connectivity index (χ1v) is 10.4. The lowest BCUT2D eigenvalue weighted by molar-refractivity contribution is 0.470. The lowest BCUT2D eigenvalue weighted by Gasteiger charge is -2.02. The molecule has 6 heteroatoms. The molecule has 4 aromatic rings. The standard InChI is InChI=1S/C21H14I2N2O2/c1-12-4-2-3-5-16(12)21-25-18-10-15(6-7-19(18)27-21)24-11-13-8-14(22)9-17(23)20(13)26/h2-11,26H,1H3. The summed E-state index contributed by atoms with van der Waals surface area (Å²) >= 11 is 4.34. The number of phenols is 1. The molecule has 3 aromatic carbocycles. The predicted octanol–water partition coefficient (Wildman–Crippen LogP) is 6.47. The maximum absolute atomic E-state index is 10.2. The van der Waals surface area contributed by atoms with Crippen molar-refractivity contribution in [1.82, 2.24) is 4.98 Å². The van der Waals surface area contributed by atoms with Crippen LogP contribution in [0.15, 0.2) is 64.0 Å². The van der Waals surface area contributed by atoms with Crippen molar-refractivity contribution >= 4 is 68.2 Å². The molecule has 0 radical (unpaired) electrons. The fourth-order valence-electron chi connectivity index (χ4n) is 2.75. The third-order valence-corrected chi connectivity index (χ3v) is 5.60. The first kappa shape index (κ1) is 18.4. The van der Waals surface area contributed by atoms with Crippen molar-refractivity contribution < 1.29 is 9.52 Å². The highest BCUT2D eigenvalue weighted by Crippen LogP contribution is 2.30. The van der Waals surface area contributed by atoms with Crippen LogP contribution in [0.2, 0.25) is 0 Å². The van der Waals surface area contributed by atoms with Crippen LogP contribution in [0.1, 0.15) is 11.1 Å². The van der Waals surface area contributed by atoms with Gasteiger partial charge in [0.05, 0.1) is 9.26 Å². The van der Waals surface area contributed by atoms with E-state index in [1.165, 1.54) is 0 Å². The number of benzene rings is 3. The van der Waals surface area contributed by atoms with Gasteiger partial charge in [0.2, 0.25) is 5.89 Å². The molecule has 0 bridgehead atoms. The zero-order chi connectivity index (χ0) is 19.0. The number of rotatable bonds is 3. The van der Waals surface area contributed by atoms with Gasteiger partial charge in [0.25, 0.3) is 0 Å². The third-order valence-electron chi connectivity index (χ3n) is 4.16. The fraction of sp³-hybridized carbons (Fsp3) is 0.0476. The van der Waals surface area contributed by atoms with Gasteiger partial charge in [-0.1, -0.05) is 18.2 Å². The number of fused-ring (bicyclic) bond motifs is 1. The first-order valence-electron chi connectivity index (χ1n) is 8.20. The van der Waals surface area contributed by atoms with Crippen LogP contribution in [0, 0.1) is 14.1 Å². The number of aromatic hydroxyl groups is 1. The largest absolute Gasteiger partial charge is 0.506 e. The maximum Gasteiger partial charge on any atom is 0.227 e. The zero-order valence-electron chi connectivity index (χ0n) is 14.3. The van der Waals surface area contributed by atoms with E-state index < -0.39 is 0 Å². The van der Waals surface area contributed by atoms with Crippen molar-refractivity contribution in [3.63, 3.8) is 0 Å². The van der Waals surface area contributed by atoms with Crippen LogP contribution in [-0.4, -0.2) is 16.3 Å². The molecule has 1 aromatic heterocycles. The average Bonchev–Trinajstić information content (AvgIpc) is 3.07. The van der Waals surface area contributed by atoms with Gasteiger partial charge < -0.3 is 9.52 Å². The molecule has 134 valence electrons. The van der Waals surface area contributed by atoms with E-state index in [1.54, 1.807) is 6.21 Å². The normalized spacial score (nSPS) is 11.5. The van der Waals surface area contributed by atoms with Gasteiger partial charge >= 0.3 is 0 Å². The number of aliphatic imine (C=N–C) groups is 1. The molecule has 4 nitrogen and oxygen atoms in total. The van der Waals surface area contributed by atoms with E-state index in [9.17, 15) is 5.11 Å². The Kier molecular flexibility index (Phi) is 5.18. The summed E-state index contributed by atoms with van der Waals surface area (Å²) in [6, 6.07) is 17.5. The number of oxazole rings is 1. The van der Waals surface area contributed by atoms with Crippen molar-refractivity contribution in [1.29, 1.82) is 0 Å². The van der Waals surface area contributed by atoms with Gasteiger partial charge in [0.1, 0.15) is 11.3 Å². The minimum absolute atomic E-state index is 0.240. The molecule has 0 fully saturated rings. The van der Waals surface area contributed by atoms with Gasteiger partial charge in [-0.3, -0.25) is 4.99 Å². The molecule has 0 aliphatic heterocycles. The Hall–Kier alpha value is -1.94. The minimum atomic E-state index is 0.240. The van der Waals surface area contributed by atoms with Gasteiger partial charge in [-0.25, -0.2) is 4.98 Å². The van der Waals surface area contributed by atoms with Gasteiger partial charge in [-0.2, -0.15) is 0 Å². The van der Waals surface area contributed by atoms with Crippen molar-refractivity contribution in [2.75, 3.05) is 0 Å². The Balaban J connectivity index is 1.69. The van der Waals surface area contributed by atoms with E-state index in [2.05, 4.69) is 55.2 Å². The molecule has 0 amide bonds. The second kappa shape index (κ2) is 7.59. The second-order valence-electron chi connectivity index (χ2n) is 6.07. The molecular formula is C21H14I2N2O2. The number of aromatic nitrogens is 1. The van der Waals surface area contributed by atoms with Gasteiger partial charge in [0, 0.05) is 20.9 Å². The summed E-state index contributed by atoms with van der Waals surface area (Å²) < 4.78 is 7.75. The van der Waals surface area contributed by atoms with Gasteiger partial charge in [-0.15, -0.1) is 0 Å². The summed E-state index contributed by atoms with van der Waals surface area (Å²) in [5, 5.41) is 10.2. The summed E-state index contributed by atoms with van der Waals surface area (Å²) in [5.74, 6) is 0.846. The molecule has 0 unspecified atom stereocenters. The molecule has 1 heterocycles. The molecule has 0 saturated heterocycles. The second-order valence-corrected chi connectivity index (χ2v) is 8.48. The fourth-order valence-corrected chi connectivity index (χ4v) is 4.64. The number of aryl methyl sites for hydroxylation is 1. The Labute approximate surface area is 183 Å². The average molecular weight is 580 g/mol. The van der Waals surface area contributed by atoms with Crippen molar-refractivity contribution in [2.45, 2.75) is 6.92 Å². The Morgan fingerprint density at radius 3 is 2.70 bits per heavy atom. The van der Waals surface area contributed by atoms with Crippen molar-refractivity contribution in [3.05, 3.63) is 72.9 Å². The third kappa shape index (κ3) is 3.86. The van der Waals surface area contributed by atoms with Crippen LogP contribution in [0.5, 0.6) is 5.75 Å². The lowest BCUT2D eigenvalue weighted by Crippen LogP contribution is -1.87. The van der Waals surface area contributed by atoms with E-state index in [-0.39, 0.29) is 5.75 Å². The molecule has 4 rings (SSSR count). The first-order chi connectivity index (χ1) is 13.0. The van der Waals surface area contributed by atoms with Crippen molar-refractivity contribution in [2.24, 2.45) is 4.99 Å². The molecule has 1 N–H and O–H groups in total. The number of hydrogen-bond donors (Lipinski definition) is 1. The van der Waals surface area contributed by atoms with Crippen LogP contribution in [0.4, 0.5) is 5.69 Å². The Morgan fingerprint density at radius 1 is 1.07 bits per heavy atom. The number of nitrogens with zero attached hydrogens (tertiary/aromatic N) is 2. The minimum Gasteiger partial charge on any atom is -0.506 e. The SMILES string of the molecule is Cc1ccccc1-c1nc2cc(N=Cc3cc(I)cc(I)c3O)ccc2o1. The van der Waals surface area contributed by atoms with Crippen molar-refractivity contribution in [3.8, 4) is 17.2 Å². The summed E-state index contributed by atoms with van der Waals surface area (Å²) in [7, 11) is 0. The summed E-state index contributed by atoms with van der Waals surface area (Å²) in [6.07, 6.45) is 1.67. The van der Waals surface area contributed by atoms with E-state index >= 15 is 0 Å². The zero-order valence-corrected chi connectivity index (χ0v) is 18.6. The van der Waals surface area contributed by atoms with E-state index in [1.807, 2.05) is 61.5 Å². The molecule has 0 atom stereocenters. The Bertz CT molecular complexity index is 1180. The highest BCUT2D eigenvalue weighted by Gasteiger charge is 2.11. The number of hydrogen-bond acceptors (Lipinski definition) is 4. The van der Waals surface area contributed by atoms with Crippen LogP contribution in [0.25, 0.3) is 22.6 Å². The lowest BCUT2D eigenvalue weighted by atomic mass is 10.1. The van der Waals surface area contributed by atoms with Crippen LogP contribution in [-0.2, 0) is 0 Å². The van der Waals surface area contributed by atoms with Gasteiger partial charge in [0.15, 0.2) is 5.58 Å². The quantitative estimate of drug-likeness (QED) is 0.224. The van der Waals surface area contributed by atoms with E-state index in [4.69, 9.17) is 4.42 Å². The molecule has 27 heavy (non-hydrogen) atoms. The molecule has 0 saturated carbocycles. The highest BCUT2D eigenvalue weighted by molar-refractivity contribution is 14.1. The molecule has 0 aliphatic rings. The highest BCUT2D eigenvalue weighted by atomic mass is 127. The smallest absolute Gasteiger partial charge is 0.227 e. The van der Waals surface area contributed by atoms with Crippen LogP contribution >= 0.6 is 45.2 Å². The van der Waals surface area contributed by atoms with Gasteiger partial charge in [-0.05, 0) is 94.1 Å². The van der Waals surface area contributed by atoms with Crippen LogP contribution < -0.4 is 0 Å². The molecule has 0 spiro atoms. The predicted molar refractivity (Wildman–Crippen MR) is 125 cm³/mol. The summed E-state index contributed by atoms with van der Waals surface area (Å²) in [4.78, 5) is 9.11. The topological polar surface area (TPSA) is 58.6 Å². The molecule has 0 aliphatic carbocycles. The number of halogens is 2. The Morgan fingerprint density at radius 2 is 1.89 bits per heavy atom. The van der Waals surface area contributed by atoms with Crippen LogP contribution in [0.3, 0.4) is 0 Å². The van der Waals surface area contributed by atoms with E-state index in [0.717, 1.165) is 35.1 Å². The molecular weight excluding hydrogens is 566 g/mol. The summed E-state index contributed by atoms with van der Waals surface area (Å²) in [5.41, 5.74) is 5.01. The maximum atomic E-state index is 10.2. The monoisotopic (exact) mass is 580 g/mol.